The molecular formula is C11H12BrN3O2. The number of nitrogens with zero attached hydrogens (tertiary/aromatic N) is 3. The van der Waals surface area contributed by atoms with Crippen LogP contribution in [0.5, 0.6) is 5.75 Å². The zero-order chi connectivity index (χ0) is 12.4. The van der Waals surface area contributed by atoms with Gasteiger partial charge in [0.1, 0.15) is 11.9 Å². The van der Waals surface area contributed by atoms with Crippen molar-refractivity contribution in [3.8, 4) is 5.75 Å². The number of aryl methyl sites for hydroxylation is 1. The second-order valence-electron chi connectivity index (χ2n) is 3.57. The van der Waals surface area contributed by atoms with E-state index in [9.17, 15) is 5.11 Å². The molecule has 1 heterocycles. The van der Waals surface area contributed by atoms with Crippen LogP contribution < -0.4 is 4.74 Å². The van der Waals surface area contributed by atoms with Gasteiger partial charge in [0.25, 0.3) is 0 Å². The van der Waals surface area contributed by atoms with Crippen LogP contribution in [0.4, 0.5) is 0 Å². The van der Waals surface area contributed by atoms with Gasteiger partial charge in [-0.15, -0.1) is 5.10 Å². The Balaban J connectivity index is 2.43. The molecule has 2 aromatic rings. The average Bonchev–Trinajstić information content (AvgIpc) is 2.75. The minimum atomic E-state index is -0.792. The number of aromatic nitrogens is 3. The van der Waals surface area contributed by atoms with Crippen molar-refractivity contribution < 1.29 is 9.84 Å². The van der Waals surface area contributed by atoms with Crippen LogP contribution in [0.3, 0.4) is 0 Å². The summed E-state index contributed by atoms with van der Waals surface area (Å²) in [6, 6.07) is 5.44. The van der Waals surface area contributed by atoms with Gasteiger partial charge in [0.05, 0.1) is 19.0 Å². The first-order chi connectivity index (χ1) is 8.13. The van der Waals surface area contributed by atoms with Crippen molar-refractivity contribution in [2.24, 2.45) is 7.05 Å². The quantitative estimate of drug-likeness (QED) is 0.936. The Bertz CT molecular complexity index is 527. The zero-order valence-corrected chi connectivity index (χ0v) is 11.0. The molecule has 5 nitrogen and oxygen atoms in total. The topological polar surface area (TPSA) is 60.2 Å². The number of aliphatic hydroxyl groups excluding tert-OH is 1. The number of aliphatic hydroxyl groups is 1. The van der Waals surface area contributed by atoms with Gasteiger partial charge in [0, 0.05) is 17.1 Å². The lowest BCUT2D eigenvalue weighted by Crippen LogP contribution is -2.07. The largest absolute Gasteiger partial charge is 0.497 e. The van der Waals surface area contributed by atoms with Crippen LogP contribution in [0.25, 0.3) is 0 Å². The molecule has 6 heteroatoms. The van der Waals surface area contributed by atoms with Gasteiger partial charge in [-0.2, -0.15) is 0 Å². The van der Waals surface area contributed by atoms with Crippen molar-refractivity contribution in [1.29, 1.82) is 0 Å². The number of hydrogen-bond acceptors (Lipinski definition) is 4. The zero-order valence-electron chi connectivity index (χ0n) is 9.46. The lowest BCUT2D eigenvalue weighted by atomic mass is 10.1. The van der Waals surface area contributed by atoms with E-state index in [1.54, 1.807) is 20.2 Å². The third-order valence-electron chi connectivity index (χ3n) is 2.53. The highest BCUT2D eigenvalue weighted by atomic mass is 79.9. The van der Waals surface area contributed by atoms with Gasteiger partial charge in [-0.3, -0.25) is 0 Å². The Morgan fingerprint density at radius 3 is 2.82 bits per heavy atom. The summed E-state index contributed by atoms with van der Waals surface area (Å²) in [7, 11) is 3.32. The van der Waals surface area contributed by atoms with Crippen molar-refractivity contribution in [3.05, 3.63) is 40.1 Å². The monoisotopic (exact) mass is 297 g/mol. The number of hydrogen-bond donors (Lipinski definition) is 1. The smallest absolute Gasteiger partial charge is 0.123 e. The Hall–Kier alpha value is -1.40. The third kappa shape index (κ3) is 2.32. The van der Waals surface area contributed by atoms with Gasteiger partial charge in [-0.25, -0.2) is 4.68 Å². The summed E-state index contributed by atoms with van der Waals surface area (Å²) in [4.78, 5) is 0. The fourth-order valence-corrected chi connectivity index (χ4v) is 2.03. The summed E-state index contributed by atoms with van der Waals surface area (Å²) in [6.45, 7) is 0. The van der Waals surface area contributed by atoms with Crippen LogP contribution in [-0.2, 0) is 7.05 Å². The van der Waals surface area contributed by atoms with E-state index in [-0.39, 0.29) is 0 Å². The molecule has 0 fully saturated rings. The van der Waals surface area contributed by atoms with E-state index < -0.39 is 6.10 Å². The molecule has 0 aliphatic rings. The Morgan fingerprint density at radius 1 is 1.47 bits per heavy atom. The lowest BCUT2D eigenvalue weighted by molar-refractivity contribution is 0.208. The third-order valence-corrected chi connectivity index (χ3v) is 3.25. The number of halogens is 1. The lowest BCUT2D eigenvalue weighted by Gasteiger charge is -2.13. The molecule has 1 aromatic heterocycles. The summed E-state index contributed by atoms with van der Waals surface area (Å²) < 4.78 is 7.49. The summed E-state index contributed by atoms with van der Waals surface area (Å²) in [5, 5.41) is 17.8. The SMILES string of the molecule is COc1ccc(Br)c(C(O)c2cnnn2C)c1. The van der Waals surface area contributed by atoms with E-state index in [0.717, 1.165) is 10.0 Å². The molecule has 1 atom stereocenters. The summed E-state index contributed by atoms with van der Waals surface area (Å²) >= 11 is 3.40. The van der Waals surface area contributed by atoms with E-state index in [2.05, 4.69) is 26.2 Å². The molecule has 17 heavy (non-hydrogen) atoms. The van der Waals surface area contributed by atoms with Crippen molar-refractivity contribution in [3.63, 3.8) is 0 Å². The molecule has 0 radical (unpaired) electrons. The summed E-state index contributed by atoms with van der Waals surface area (Å²) in [5.41, 5.74) is 1.34. The molecule has 0 spiro atoms. The van der Waals surface area contributed by atoms with Crippen LogP contribution in [0.2, 0.25) is 0 Å². The molecule has 0 saturated carbocycles. The van der Waals surface area contributed by atoms with Gasteiger partial charge in [0.15, 0.2) is 0 Å². The molecule has 1 N–H and O–H groups in total. The summed E-state index contributed by atoms with van der Waals surface area (Å²) in [5.74, 6) is 0.692. The molecule has 0 amide bonds. The first-order valence-corrected chi connectivity index (χ1v) is 5.79. The highest BCUT2D eigenvalue weighted by Crippen LogP contribution is 2.30. The molecule has 1 aromatic carbocycles. The maximum atomic E-state index is 10.3. The molecule has 90 valence electrons. The molecule has 0 bridgehead atoms. The van der Waals surface area contributed by atoms with Crippen LogP contribution in [0.15, 0.2) is 28.9 Å². The van der Waals surface area contributed by atoms with Crippen molar-refractivity contribution in [2.45, 2.75) is 6.10 Å². The number of methoxy groups -OCH3 is 1. The molecule has 2 rings (SSSR count). The van der Waals surface area contributed by atoms with E-state index >= 15 is 0 Å². The highest BCUT2D eigenvalue weighted by Gasteiger charge is 2.18. The average molecular weight is 298 g/mol. The van der Waals surface area contributed by atoms with E-state index in [1.807, 2.05) is 12.1 Å². The normalized spacial score (nSPS) is 12.5. The van der Waals surface area contributed by atoms with Crippen molar-refractivity contribution >= 4 is 15.9 Å². The molecule has 0 saturated heterocycles. The first-order valence-electron chi connectivity index (χ1n) is 4.99. The van der Waals surface area contributed by atoms with Crippen molar-refractivity contribution in [1.82, 2.24) is 15.0 Å². The molecule has 1 unspecified atom stereocenters. The molecule has 0 aliphatic heterocycles. The van der Waals surface area contributed by atoms with E-state index in [1.165, 1.54) is 10.9 Å². The maximum absolute atomic E-state index is 10.3. The van der Waals surface area contributed by atoms with Gasteiger partial charge in [0.2, 0.25) is 0 Å². The van der Waals surface area contributed by atoms with Crippen molar-refractivity contribution in [2.75, 3.05) is 7.11 Å². The van der Waals surface area contributed by atoms with E-state index in [4.69, 9.17) is 4.74 Å². The fourth-order valence-electron chi connectivity index (χ4n) is 1.56. The summed E-state index contributed by atoms with van der Waals surface area (Å²) in [6.07, 6.45) is 0.746. The van der Waals surface area contributed by atoms with Crippen LogP contribution in [0.1, 0.15) is 17.4 Å². The second-order valence-corrected chi connectivity index (χ2v) is 4.43. The van der Waals surface area contributed by atoms with Crippen LogP contribution in [-0.4, -0.2) is 27.2 Å². The standard InChI is InChI=1S/C11H12BrN3O2/c1-15-10(6-13-14-15)11(16)8-5-7(17-2)3-4-9(8)12/h3-6,11,16H,1-2H3. The number of benzene rings is 1. The van der Waals surface area contributed by atoms with Gasteiger partial charge in [-0.05, 0) is 18.2 Å². The maximum Gasteiger partial charge on any atom is 0.123 e. The minimum absolute atomic E-state index is 0.624. The van der Waals surface area contributed by atoms with Crippen LogP contribution in [0, 0.1) is 0 Å². The van der Waals surface area contributed by atoms with Gasteiger partial charge < -0.3 is 9.84 Å². The minimum Gasteiger partial charge on any atom is -0.497 e. The highest BCUT2D eigenvalue weighted by molar-refractivity contribution is 9.10. The first kappa shape index (κ1) is 12.1. The number of ether oxygens (including phenoxy) is 1. The predicted octanol–water partition coefficient (Wildman–Crippen LogP) is 1.67. The Labute approximate surface area is 107 Å². The Morgan fingerprint density at radius 2 is 2.24 bits per heavy atom. The second kappa shape index (κ2) is 4.85. The number of rotatable bonds is 3. The van der Waals surface area contributed by atoms with Gasteiger partial charge in [-0.1, -0.05) is 21.1 Å². The molecule has 0 aliphatic carbocycles. The fraction of sp³-hybridized carbons (Fsp3) is 0.273. The van der Waals surface area contributed by atoms with E-state index in [0.29, 0.717) is 11.4 Å². The van der Waals surface area contributed by atoms with Crippen LogP contribution >= 0.6 is 15.9 Å². The Kier molecular flexibility index (Phi) is 3.44. The predicted molar refractivity (Wildman–Crippen MR) is 65.8 cm³/mol. The van der Waals surface area contributed by atoms with Gasteiger partial charge >= 0.3 is 0 Å². The molecular weight excluding hydrogens is 286 g/mol.